The van der Waals surface area contributed by atoms with Crippen LogP contribution >= 0.6 is 15.9 Å². The van der Waals surface area contributed by atoms with Crippen molar-refractivity contribution in [1.29, 1.82) is 0 Å². The minimum absolute atomic E-state index is 0.0763. The van der Waals surface area contributed by atoms with Gasteiger partial charge in [-0.3, -0.25) is 14.4 Å². The lowest BCUT2D eigenvalue weighted by molar-refractivity contribution is -0.146. The van der Waals surface area contributed by atoms with Gasteiger partial charge >= 0.3 is 5.97 Å². The Balaban J connectivity index is 1.70. The van der Waals surface area contributed by atoms with E-state index in [1.54, 1.807) is 0 Å². The lowest BCUT2D eigenvalue weighted by Gasteiger charge is -2.32. The summed E-state index contributed by atoms with van der Waals surface area (Å²) in [6.07, 6.45) is 0.945. The van der Waals surface area contributed by atoms with Crippen molar-refractivity contribution < 1.29 is 23.9 Å². The monoisotopic (exact) mass is 386 g/mol. The number of rotatable bonds is 6. The normalized spacial score (nSPS) is 19.6. The van der Waals surface area contributed by atoms with Gasteiger partial charge in [-0.2, -0.15) is 0 Å². The summed E-state index contributed by atoms with van der Waals surface area (Å²) in [7, 11) is 0. The Labute approximate surface area is 140 Å². The van der Waals surface area contributed by atoms with Gasteiger partial charge in [0.25, 0.3) is 5.91 Å². The van der Waals surface area contributed by atoms with E-state index in [0.29, 0.717) is 17.3 Å². The van der Waals surface area contributed by atoms with Gasteiger partial charge in [0.15, 0.2) is 0 Å². The van der Waals surface area contributed by atoms with Gasteiger partial charge in [-0.05, 0) is 47.0 Å². The van der Waals surface area contributed by atoms with Gasteiger partial charge < -0.3 is 15.7 Å². The van der Waals surface area contributed by atoms with Crippen LogP contribution in [0.5, 0.6) is 0 Å². The van der Waals surface area contributed by atoms with Crippen molar-refractivity contribution in [1.82, 2.24) is 10.6 Å². The molecule has 1 aliphatic carbocycles. The maximum Gasteiger partial charge on any atom is 0.306 e. The molecule has 1 aromatic carbocycles. The molecule has 1 aromatic rings. The summed E-state index contributed by atoms with van der Waals surface area (Å²) >= 11 is 3.16. The third kappa shape index (κ3) is 4.75. The van der Waals surface area contributed by atoms with Gasteiger partial charge in [0.05, 0.1) is 11.5 Å². The molecule has 124 valence electrons. The lowest BCUT2D eigenvalue weighted by atomic mass is 9.80. The molecule has 0 unspecified atom stereocenters. The molecule has 0 heterocycles. The highest BCUT2D eigenvalue weighted by molar-refractivity contribution is 9.10. The molecule has 0 atom stereocenters. The van der Waals surface area contributed by atoms with Crippen LogP contribution in [0, 0.1) is 11.7 Å². The molecule has 2 rings (SSSR count). The maximum absolute atomic E-state index is 13.1. The smallest absolute Gasteiger partial charge is 0.306 e. The van der Waals surface area contributed by atoms with E-state index >= 15 is 0 Å². The molecule has 2 amide bonds. The first-order chi connectivity index (χ1) is 10.9. The average molecular weight is 387 g/mol. The van der Waals surface area contributed by atoms with Gasteiger partial charge in [-0.15, -0.1) is 0 Å². The molecule has 0 radical (unpaired) electrons. The van der Waals surface area contributed by atoms with Crippen LogP contribution in [0.15, 0.2) is 22.7 Å². The molecule has 0 bridgehead atoms. The van der Waals surface area contributed by atoms with E-state index < -0.39 is 17.7 Å². The van der Waals surface area contributed by atoms with E-state index in [0.717, 1.165) is 6.07 Å². The van der Waals surface area contributed by atoms with Crippen LogP contribution in [0.25, 0.3) is 0 Å². The molecule has 1 fully saturated rings. The number of hydrogen-bond acceptors (Lipinski definition) is 3. The summed E-state index contributed by atoms with van der Waals surface area (Å²) in [5.74, 6) is -2.47. The van der Waals surface area contributed by atoms with E-state index in [9.17, 15) is 18.8 Å². The summed E-state index contributed by atoms with van der Waals surface area (Å²) in [6, 6.07) is 3.67. The highest BCUT2D eigenvalue weighted by Crippen LogP contribution is 2.27. The van der Waals surface area contributed by atoms with Crippen molar-refractivity contribution in [2.24, 2.45) is 5.92 Å². The summed E-state index contributed by atoms with van der Waals surface area (Å²) in [6.45, 7) is 0.114. The van der Waals surface area contributed by atoms with Crippen LogP contribution in [-0.2, 0) is 9.59 Å². The van der Waals surface area contributed by atoms with Crippen molar-refractivity contribution in [2.45, 2.75) is 25.3 Å². The third-order valence-corrected chi connectivity index (χ3v) is 4.35. The Hall–Kier alpha value is -1.96. The minimum Gasteiger partial charge on any atom is -0.481 e. The van der Waals surface area contributed by atoms with Crippen LogP contribution in [0.4, 0.5) is 4.39 Å². The Kier molecular flexibility index (Phi) is 5.70. The Bertz CT molecular complexity index is 632. The molecule has 1 aliphatic rings. The topological polar surface area (TPSA) is 95.5 Å². The molecule has 0 aromatic heterocycles. The molecule has 23 heavy (non-hydrogen) atoms. The van der Waals surface area contributed by atoms with Crippen molar-refractivity contribution in [3.63, 3.8) is 0 Å². The van der Waals surface area contributed by atoms with E-state index in [-0.39, 0.29) is 36.4 Å². The lowest BCUT2D eigenvalue weighted by Crippen LogP contribution is -2.47. The Morgan fingerprint density at radius 2 is 2.00 bits per heavy atom. The zero-order valence-corrected chi connectivity index (χ0v) is 13.7. The second-order valence-electron chi connectivity index (χ2n) is 5.40. The van der Waals surface area contributed by atoms with Gasteiger partial charge in [0.1, 0.15) is 5.82 Å². The van der Waals surface area contributed by atoms with Crippen molar-refractivity contribution in [2.75, 3.05) is 6.54 Å². The summed E-state index contributed by atoms with van der Waals surface area (Å²) in [5, 5.41) is 14.0. The number of carboxylic acid groups (broad SMARTS) is 1. The fourth-order valence-corrected chi connectivity index (χ4v) is 2.72. The molecule has 1 saturated carbocycles. The number of nitrogens with one attached hydrogen (secondary N) is 2. The fraction of sp³-hybridized carbons (Fsp3) is 0.400. The van der Waals surface area contributed by atoms with E-state index in [1.165, 1.54) is 12.1 Å². The SMILES string of the molecule is O=C(CCNC(=O)c1cc(F)ccc1Br)NC1CC(C(=O)O)C1. The number of amides is 2. The molecular formula is C15H16BrFN2O4. The quantitative estimate of drug-likeness (QED) is 0.692. The molecule has 8 heteroatoms. The van der Waals surface area contributed by atoms with Gasteiger partial charge in [-0.1, -0.05) is 0 Å². The number of carboxylic acids is 1. The minimum atomic E-state index is -0.844. The van der Waals surface area contributed by atoms with Crippen molar-refractivity contribution in [3.05, 3.63) is 34.1 Å². The average Bonchev–Trinajstić information content (AvgIpc) is 2.44. The Morgan fingerprint density at radius 3 is 2.65 bits per heavy atom. The van der Waals surface area contributed by atoms with Crippen LogP contribution in [0.1, 0.15) is 29.6 Å². The van der Waals surface area contributed by atoms with Gasteiger partial charge in [0.2, 0.25) is 5.91 Å². The molecular weight excluding hydrogens is 371 g/mol. The van der Waals surface area contributed by atoms with Crippen LogP contribution in [0.2, 0.25) is 0 Å². The Morgan fingerprint density at radius 1 is 1.30 bits per heavy atom. The summed E-state index contributed by atoms with van der Waals surface area (Å²) in [5.41, 5.74) is 0.161. The zero-order chi connectivity index (χ0) is 17.0. The number of carbonyl (C=O) groups is 3. The maximum atomic E-state index is 13.1. The number of hydrogen-bond donors (Lipinski definition) is 3. The molecule has 0 saturated heterocycles. The number of benzene rings is 1. The first-order valence-corrected chi connectivity index (χ1v) is 7.91. The predicted molar refractivity (Wildman–Crippen MR) is 83.3 cm³/mol. The standard InChI is InChI=1S/C15H16BrFN2O4/c16-12-2-1-9(17)7-11(12)14(21)18-4-3-13(20)19-10-5-8(6-10)15(22)23/h1-2,7-8,10H,3-6H2,(H,18,21)(H,19,20)(H,22,23). The first kappa shape index (κ1) is 17.4. The summed E-state index contributed by atoms with van der Waals surface area (Å²) < 4.78 is 13.6. The predicted octanol–water partition coefficient (Wildman–Crippen LogP) is 1.69. The highest BCUT2D eigenvalue weighted by Gasteiger charge is 2.35. The second kappa shape index (κ2) is 7.54. The van der Waals surface area contributed by atoms with Crippen molar-refractivity contribution in [3.8, 4) is 0 Å². The van der Waals surface area contributed by atoms with E-state index in [2.05, 4.69) is 26.6 Å². The second-order valence-corrected chi connectivity index (χ2v) is 6.26. The molecule has 6 nitrogen and oxygen atoms in total. The van der Waals surface area contributed by atoms with Gasteiger partial charge in [-0.25, -0.2) is 4.39 Å². The van der Waals surface area contributed by atoms with E-state index in [1.807, 2.05) is 0 Å². The highest BCUT2D eigenvalue weighted by atomic mass is 79.9. The summed E-state index contributed by atoms with van der Waals surface area (Å²) in [4.78, 5) is 34.2. The van der Waals surface area contributed by atoms with Gasteiger partial charge in [0, 0.05) is 23.5 Å². The van der Waals surface area contributed by atoms with Crippen molar-refractivity contribution >= 4 is 33.7 Å². The molecule has 0 spiro atoms. The number of halogens is 2. The van der Waals surface area contributed by atoms with Crippen LogP contribution in [0.3, 0.4) is 0 Å². The zero-order valence-electron chi connectivity index (χ0n) is 12.1. The van der Waals surface area contributed by atoms with E-state index in [4.69, 9.17) is 5.11 Å². The number of carbonyl (C=O) groups excluding carboxylic acids is 2. The first-order valence-electron chi connectivity index (χ1n) is 7.12. The molecule has 3 N–H and O–H groups in total. The van der Waals surface area contributed by atoms with Crippen LogP contribution < -0.4 is 10.6 Å². The number of aliphatic carboxylic acids is 1. The fourth-order valence-electron chi connectivity index (χ4n) is 2.29. The van der Waals surface area contributed by atoms with Crippen LogP contribution in [-0.4, -0.2) is 35.5 Å². The largest absolute Gasteiger partial charge is 0.481 e. The third-order valence-electron chi connectivity index (χ3n) is 3.66. The molecule has 0 aliphatic heterocycles.